The van der Waals surface area contributed by atoms with E-state index in [0.29, 0.717) is 13.1 Å². The summed E-state index contributed by atoms with van der Waals surface area (Å²) in [5.74, 6) is 0. The Bertz CT molecular complexity index is 875. The second-order valence-corrected chi connectivity index (χ2v) is 6.42. The van der Waals surface area contributed by atoms with Gasteiger partial charge in [-0.1, -0.05) is 60.7 Å². The zero-order valence-electron chi connectivity index (χ0n) is 16.3. The molecule has 0 saturated carbocycles. The summed E-state index contributed by atoms with van der Waals surface area (Å²) in [5, 5.41) is 5.56. The van der Waals surface area contributed by atoms with E-state index in [9.17, 15) is 9.59 Å². The van der Waals surface area contributed by atoms with E-state index in [1.807, 2.05) is 84.9 Å². The number of para-hydroxylation sites is 2. The maximum Gasteiger partial charge on any atom is 0.333 e. The van der Waals surface area contributed by atoms with Crippen LogP contribution in [0.2, 0.25) is 0 Å². The number of anilines is 2. The molecule has 8 nitrogen and oxygen atoms in total. The van der Waals surface area contributed by atoms with Crippen molar-refractivity contribution in [1.29, 1.82) is 0 Å². The van der Waals surface area contributed by atoms with Gasteiger partial charge in [0.25, 0.3) is 0 Å². The van der Waals surface area contributed by atoms with E-state index in [-0.39, 0.29) is 12.1 Å². The number of hydrogen-bond acceptors (Lipinski definition) is 4. The minimum atomic E-state index is -0.339. The highest BCUT2D eigenvalue weighted by molar-refractivity contribution is 5.76. The van der Waals surface area contributed by atoms with E-state index in [0.717, 1.165) is 22.5 Å². The fraction of sp³-hybridized carbons (Fsp3) is 0.0909. The lowest BCUT2D eigenvalue weighted by molar-refractivity contribution is 0.241. The van der Waals surface area contributed by atoms with Crippen LogP contribution in [0.1, 0.15) is 11.1 Å². The third-order valence-electron chi connectivity index (χ3n) is 4.09. The number of carbonyl (C=O) groups excluding carboxylic acids is 2. The first-order valence-corrected chi connectivity index (χ1v) is 9.47. The summed E-state index contributed by atoms with van der Waals surface area (Å²) in [7, 11) is 0. The standard InChI is InChI=1S/C22H24N6O2/c29-21(27-25-19-10-3-1-4-11-19)23-15-17-8-7-9-18(14-17)16-24-22(30)28-26-20-12-5-2-6-13-20/h1-14,25-26H,15-16H2,(H2,23,27,29)(H2,24,28,30). The van der Waals surface area contributed by atoms with Gasteiger partial charge in [0, 0.05) is 13.1 Å². The Morgan fingerprint density at radius 3 is 1.43 bits per heavy atom. The van der Waals surface area contributed by atoms with Gasteiger partial charge < -0.3 is 10.6 Å². The van der Waals surface area contributed by atoms with Crippen molar-refractivity contribution in [2.75, 3.05) is 10.9 Å². The van der Waals surface area contributed by atoms with Crippen molar-refractivity contribution in [3.63, 3.8) is 0 Å². The molecule has 8 heteroatoms. The van der Waals surface area contributed by atoms with Crippen LogP contribution in [0.5, 0.6) is 0 Å². The van der Waals surface area contributed by atoms with Gasteiger partial charge in [0.05, 0.1) is 11.4 Å². The number of amides is 4. The molecule has 0 spiro atoms. The first-order valence-electron chi connectivity index (χ1n) is 9.47. The zero-order valence-corrected chi connectivity index (χ0v) is 16.3. The molecule has 6 N–H and O–H groups in total. The van der Waals surface area contributed by atoms with Crippen molar-refractivity contribution in [3.05, 3.63) is 96.1 Å². The summed E-state index contributed by atoms with van der Waals surface area (Å²) in [6.45, 7) is 0.718. The summed E-state index contributed by atoms with van der Waals surface area (Å²) in [6.07, 6.45) is 0. The summed E-state index contributed by atoms with van der Waals surface area (Å²) < 4.78 is 0. The molecule has 0 aliphatic carbocycles. The largest absolute Gasteiger partial charge is 0.333 e. The van der Waals surface area contributed by atoms with Crippen LogP contribution in [-0.2, 0) is 13.1 Å². The molecule has 0 saturated heterocycles. The fourth-order valence-corrected chi connectivity index (χ4v) is 2.60. The summed E-state index contributed by atoms with van der Waals surface area (Å²) in [5.41, 5.74) is 14.2. The lowest BCUT2D eigenvalue weighted by Crippen LogP contribution is -2.39. The Kier molecular flexibility index (Phi) is 7.50. The molecular formula is C22H24N6O2. The van der Waals surface area contributed by atoms with Gasteiger partial charge in [-0.2, -0.15) is 0 Å². The molecule has 0 atom stereocenters. The molecule has 0 bridgehead atoms. The highest BCUT2D eigenvalue weighted by atomic mass is 16.2. The van der Waals surface area contributed by atoms with Crippen LogP contribution in [0.4, 0.5) is 21.0 Å². The number of rotatable bonds is 8. The fourth-order valence-electron chi connectivity index (χ4n) is 2.60. The van der Waals surface area contributed by atoms with Crippen LogP contribution < -0.4 is 32.3 Å². The molecule has 3 aromatic carbocycles. The number of hydrazine groups is 2. The molecule has 0 aromatic heterocycles. The average Bonchev–Trinajstić information content (AvgIpc) is 2.80. The zero-order chi connectivity index (χ0) is 21.0. The van der Waals surface area contributed by atoms with Gasteiger partial charge in [-0.25, -0.2) is 9.59 Å². The molecule has 0 fully saturated rings. The predicted molar refractivity (Wildman–Crippen MR) is 117 cm³/mol. The van der Waals surface area contributed by atoms with Crippen LogP contribution >= 0.6 is 0 Å². The number of nitrogens with one attached hydrogen (secondary N) is 6. The van der Waals surface area contributed by atoms with Crippen LogP contribution in [0.25, 0.3) is 0 Å². The molecule has 3 rings (SSSR count). The maximum atomic E-state index is 11.9. The second kappa shape index (κ2) is 11.0. The van der Waals surface area contributed by atoms with Crippen molar-refractivity contribution in [2.24, 2.45) is 0 Å². The lowest BCUT2D eigenvalue weighted by atomic mass is 10.1. The average molecular weight is 404 g/mol. The molecule has 154 valence electrons. The number of hydrogen-bond donors (Lipinski definition) is 6. The minimum Gasteiger partial charge on any atom is -0.333 e. The van der Waals surface area contributed by atoms with Crippen LogP contribution in [0.15, 0.2) is 84.9 Å². The molecule has 0 unspecified atom stereocenters. The van der Waals surface area contributed by atoms with Gasteiger partial charge in [0.1, 0.15) is 0 Å². The van der Waals surface area contributed by atoms with E-state index >= 15 is 0 Å². The molecule has 0 aliphatic heterocycles. The van der Waals surface area contributed by atoms with E-state index < -0.39 is 0 Å². The maximum absolute atomic E-state index is 11.9. The first kappa shape index (κ1) is 20.5. The van der Waals surface area contributed by atoms with E-state index in [2.05, 4.69) is 32.3 Å². The van der Waals surface area contributed by atoms with Gasteiger partial charge in [-0.3, -0.25) is 21.7 Å². The SMILES string of the molecule is O=C(NCc1cccc(CNC(=O)NNc2ccccc2)c1)NNc1ccccc1. The molecule has 30 heavy (non-hydrogen) atoms. The quantitative estimate of drug-likeness (QED) is 0.324. The highest BCUT2D eigenvalue weighted by Gasteiger charge is 2.03. The van der Waals surface area contributed by atoms with Crippen molar-refractivity contribution in [1.82, 2.24) is 21.5 Å². The van der Waals surface area contributed by atoms with E-state index in [1.165, 1.54) is 0 Å². The van der Waals surface area contributed by atoms with Gasteiger partial charge in [0.2, 0.25) is 0 Å². The summed E-state index contributed by atoms with van der Waals surface area (Å²) in [4.78, 5) is 23.8. The first-order chi connectivity index (χ1) is 14.7. The summed E-state index contributed by atoms with van der Waals surface area (Å²) in [6, 6.07) is 25.6. The second-order valence-electron chi connectivity index (χ2n) is 6.42. The van der Waals surface area contributed by atoms with Crippen molar-refractivity contribution in [3.8, 4) is 0 Å². The normalized spacial score (nSPS) is 9.87. The van der Waals surface area contributed by atoms with Crippen molar-refractivity contribution >= 4 is 23.4 Å². The number of benzene rings is 3. The van der Waals surface area contributed by atoms with Gasteiger partial charge >= 0.3 is 12.1 Å². The lowest BCUT2D eigenvalue weighted by Gasteiger charge is -2.12. The van der Waals surface area contributed by atoms with E-state index in [1.54, 1.807) is 0 Å². The van der Waals surface area contributed by atoms with Gasteiger partial charge in [0.15, 0.2) is 0 Å². The Balaban J connectivity index is 1.38. The van der Waals surface area contributed by atoms with Gasteiger partial charge in [-0.05, 0) is 35.4 Å². The third kappa shape index (κ3) is 7.08. The van der Waals surface area contributed by atoms with Crippen molar-refractivity contribution in [2.45, 2.75) is 13.1 Å². The van der Waals surface area contributed by atoms with Crippen molar-refractivity contribution < 1.29 is 9.59 Å². The third-order valence-corrected chi connectivity index (χ3v) is 4.09. The molecule has 4 amide bonds. The Hall–Kier alpha value is -4.20. The molecule has 0 heterocycles. The molecule has 0 aliphatic rings. The monoisotopic (exact) mass is 404 g/mol. The molecule has 0 radical (unpaired) electrons. The van der Waals surface area contributed by atoms with Crippen LogP contribution in [0, 0.1) is 0 Å². The highest BCUT2D eigenvalue weighted by Crippen LogP contribution is 2.06. The topological polar surface area (TPSA) is 106 Å². The number of carbonyl (C=O) groups is 2. The molecular weight excluding hydrogens is 380 g/mol. The Labute approximate surface area is 175 Å². The van der Waals surface area contributed by atoms with Gasteiger partial charge in [-0.15, -0.1) is 0 Å². The van der Waals surface area contributed by atoms with Crippen LogP contribution in [0.3, 0.4) is 0 Å². The predicted octanol–water partition coefficient (Wildman–Crippen LogP) is 3.34. The minimum absolute atomic E-state index is 0.339. The Morgan fingerprint density at radius 1 is 0.567 bits per heavy atom. The molecule has 3 aromatic rings. The summed E-state index contributed by atoms with van der Waals surface area (Å²) >= 11 is 0. The smallest absolute Gasteiger partial charge is 0.333 e. The Morgan fingerprint density at radius 2 is 1.00 bits per heavy atom. The number of urea groups is 2. The van der Waals surface area contributed by atoms with E-state index in [4.69, 9.17) is 0 Å². The van der Waals surface area contributed by atoms with Crippen LogP contribution in [-0.4, -0.2) is 12.1 Å².